The van der Waals surface area contributed by atoms with Gasteiger partial charge in [0.05, 0.1) is 6.04 Å². The van der Waals surface area contributed by atoms with Crippen molar-refractivity contribution in [1.29, 1.82) is 0 Å². The van der Waals surface area contributed by atoms with Gasteiger partial charge in [0.1, 0.15) is 0 Å². The Balaban J connectivity index is 2.61. The molecule has 0 aliphatic heterocycles. The first-order valence-electron chi connectivity index (χ1n) is 5.56. The Morgan fingerprint density at radius 2 is 2.25 bits per heavy atom. The molecule has 0 saturated carbocycles. The van der Waals surface area contributed by atoms with Crippen molar-refractivity contribution in [2.75, 3.05) is 14.1 Å². The Labute approximate surface area is 101 Å². The van der Waals surface area contributed by atoms with Crippen molar-refractivity contribution in [1.82, 2.24) is 10.2 Å². The summed E-state index contributed by atoms with van der Waals surface area (Å²) in [5, 5.41) is 5.44. The van der Waals surface area contributed by atoms with Gasteiger partial charge >= 0.3 is 0 Å². The fraction of sp³-hybridized carbons (Fsp3) is 0.583. The summed E-state index contributed by atoms with van der Waals surface area (Å²) in [5.74, 6) is 0.120. The van der Waals surface area contributed by atoms with Crippen molar-refractivity contribution >= 4 is 17.2 Å². The third-order valence-corrected chi connectivity index (χ3v) is 3.54. The number of hydrogen-bond donors (Lipinski definition) is 1. The lowest BCUT2D eigenvalue weighted by molar-refractivity contribution is -0.130. The minimum absolute atomic E-state index is 0.120. The second-order valence-corrected chi connectivity index (χ2v) is 5.08. The predicted molar refractivity (Wildman–Crippen MR) is 68.6 cm³/mol. The third-order valence-electron chi connectivity index (χ3n) is 2.56. The topological polar surface area (TPSA) is 32.3 Å². The number of hydrogen-bond acceptors (Lipinski definition) is 3. The van der Waals surface area contributed by atoms with Crippen molar-refractivity contribution < 1.29 is 4.79 Å². The zero-order chi connectivity index (χ0) is 12.1. The van der Waals surface area contributed by atoms with Gasteiger partial charge in [-0.25, -0.2) is 0 Å². The van der Waals surface area contributed by atoms with E-state index in [4.69, 9.17) is 0 Å². The highest BCUT2D eigenvalue weighted by Crippen LogP contribution is 2.22. The van der Waals surface area contributed by atoms with Crippen LogP contribution >= 0.6 is 11.3 Å². The van der Waals surface area contributed by atoms with Gasteiger partial charge in [0.15, 0.2) is 0 Å². The van der Waals surface area contributed by atoms with Gasteiger partial charge in [0.2, 0.25) is 5.91 Å². The molecule has 1 aromatic rings. The number of nitrogens with zero attached hydrogens (tertiary/aromatic N) is 1. The van der Waals surface area contributed by atoms with Crippen LogP contribution in [0.4, 0.5) is 0 Å². The van der Waals surface area contributed by atoms with Gasteiger partial charge in [0, 0.05) is 25.0 Å². The van der Waals surface area contributed by atoms with Crippen LogP contribution in [0.15, 0.2) is 17.5 Å². The van der Waals surface area contributed by atoms with E-state index in [1.165, 1.54) is 4.88 Å². The molecule has 1 aromatic heterocycles. The lowest BCUT2D eigenvalue weighted by Gasteiger charge is -2.23. The van der Waals surface area contributed by atoms with Gasteiger partial charge < -0.3 is 4.90 Å². The average molecular weight is 240 g/mol. The fourth-order valence-corrected chi connectivity index (χ4v) is 2.52. The molecule has 3 nitrogen and oxygen atoms in total. The second kappa shape index (κ2) is 6.01. The van der Waals surface area contributed by atoms with Crippen molar-refractivity contribution in [3.63, 3.8) is 0 Å². The third kappa shape index (κ3) is 3.32. The molecule has 0 bridgehead atoms. The number of nitrogens with one attached hydrogen (secondary N) is 1. The van der Waals surface area contributed by atoms with Crippen LogP contribution in [0.3, 0.4) is 0 Å². The van der Waals surface area contributed by atoms with Gasteiger partial charge in [0.25, 0.3) is 0 Å². The number of carbonyl (C=O) groups is 1. The van der Waals surface area contributed by atoms with E-state index in [9.17, 15) is 4.79 Å². The highest BCUT2D eigenvalue weighted by molar-refractivity contribution is 7.10. The molecule has 4 heteroatoms. The summed E-state index contributed by atoms with van der Waals surface area (Å²) in [6.45, 7) is 4.04. The summed E-state index contributed by atoms with van der Waals surface area (Å²) in [5.41, 5.74) is 0. The van der Waals surface area contributed by atoms with Crippen LogP contribution in [0.1, 0.15) is 31.2 Å². The maximum atomic E-state index is 11.7. The number of likely N-dealkylation sites (N-methyl/N-ethyl adjacent to an activating group) is 1. The predicted octanol–water partition coefficient (Wildman–Crippen LogP) is 2.27. The summed E-state index contributed by atoms with van der Waals surface area (Å²) >= 11 is 1.73. The Bertz CT molecular complexity index is 322. The molecule has 0 radical (unpaired) electrons. The molecule has 0 spiro atoms. The van der Waals surface area contributed by atoms with Crippen LogP contribution in [0.2, 0.25) is 0 Å². The fourth-order valence-electron chi connectivity index (χ4n) is 1.65. The van der Waals surface area contributed by atoms with Crippen molar-refractivity contribution in [2.45, 2.75) is 32.4 Å². The molecule has 0 fully saturated rings. The number of rotatable bonds is 5. The van der Waals surface area contributed by atoms with Gasteiger partial charge in [-0.1, -0.05) is 13.0 Å². The molecule has 1 N–H and O–H groups in total. The maximum absolute atomic E-state index is 11.7. The van der Waals surface area contributed by atoms with E-state index >= 15 is 0 Å². The zero-order valence-corrected chi connectivity index (χ0v) is 11.2. The first kappa shape index (κ1) is 13.2. The Morgan fingerprint density at radius 1 is 1.56 bits per heavy atom. The highest BCUT2D eigenvalue weighted by atomic mass is 32.1. The van der Waals surface area contributed by atoms with E-state index in [0.717, 1.165) is 6.42 Å². The summed E-state index contributed by atoms with van der Waals surface area (Å²) in [7, 11) is 3.57. The summed E-state index contributed by atoms with van der Waals surface area (Å²) in [4.78, 5) is 14.6. The van der Waals surface area contributed by atoms with Crippen LogP contribution in [-0.4, -0.2) is 30.9 Å². The molecular formula is C12H20N2OS. The highest BCUT2D eigenvalue weighted by Gasteiger charge is 2.19. The van der Waals surface area contributed by atoms with Crippen LogP contribution < -0.4 is 5.32 Å². The largest absolute Gasteiger partial charge is 0.347 e. The SMILES string of the molecule is CCC(NC(C)C(=O)N(C)C)c1cccs1. The Morgan fingerprint density at radius 3 is 2.69 bits per heavy atom. The number of carbonyl (C=O) groups excluding carboxylic acids is 1. The maximum Gasteiger partial charge on any atom is 0.238 e. The van der Waals surface area contributed by atoms with Gasteiger partial charge in [-0.3, -0.25) is 10.1 Å². The molecule has 0 aromatic carbocycles. The molecule has 0 aliphatic carbocycles. The number of thiophene rings is 1. The lowest BCUT2D eigenvalue weighted by atomic mass is 10.1. The minimum Gasteiger partial charge on any atom is -0.347 e. The molecule has 1 amide bonds. The minimum atomic E-state index is -0.137. The lowest BCUT2D eigenvalue weighted by Crippen LogP contribution is -2.42. The van der Waals surface area contributed by atoms with E-state index in [1.807, 2.05) is 13.0 Å². The van der Waals surface area contributed by atoms with E-state index in [1.54, 1.807) is 30.3 Å². The molecule has 2 atom stereocenters. The standard InChI is InChI=1S/C12H20N2OS/c1-5-10(11-7-6-8-16-11)13-9(2)12(15)14(3)4/h6-10,13H,5H2,1-4H3. The van der Waals surface area contributed by atoms with Crippen LogP contribution in [0, 0.1) is 0 Å². The van der Waals surface area contributed by atoms with Crippen LogP contribution in [0.25, 0.3) is 0 Å². The van der Waals surface area contributed by atoms with Crippen molar-refractivity contribution in [3.05, 3.63) is 22.4 Å². The van der Waals surface area contributed by atoms with Crippen molar-refractivity contribution in [2.24, 2.45) is 0 Å². The summed E-state index contributed by atoms with van der Waals surface area (Å²) in [6, 6.07) is 4.29. The molecule has 90 valence electrons. The first-order valence-corrected chi connectivity index (χ1v) is 6.44. The average Bonchev–Trinajstić information content (AvgIpc) is 2.77. The van der Waals surface area contributed by atoms with Gasteiger partial charge in [-0.2, -0.15) is 0 Å². The van der Waals surface area contributed by atoms with Gasteiger partial charge in [-0.15, -0.1) is 11.3 Å². The Kier molecular flexibility index (Phi) is 4.96. The number of amides is 1. The molecule has 2 unspecified atom stereocenters. The molecule has 1 rings (SSSR count). The van der Waals surface area contributed by atoms with E-state index < -0.39 is 0 Å². The quantitative estimate of drug-likeness (QED) is 0.856. The monoisotopic (exact) mass is 240 g/mol. The van der Waals surface area contributed by atoms with E-state index in [2.05, 4.69) is 23.7 Å². The second-order valence-electron chi connectivity index (χ2n) is 4.10. The molecule has 0 saturated heterocycles. The van der Waals surface area contributed by atoms with Crippen LogP contribution in [-0.2, 0) is 4.79 Å². The molecule has 16 heavy (non-hydrogen) atoms. The molecular weight excluding hydrogens is 220 g/mol. The van der Waals surface area contributed by atoms with E-state index in [-0.39, 0.29) is 18.0 Å². The first-order chi connectivity index (χ1) is 7.56. The normalized spacial score (nSPS) is 14.5. The smallest absolute Gasteiger partial charge is 0.238 e. The zero-order valence-electron chi connectivity index (χ0n) is 10.4. The van der Waals surface area contributed by atoms with Crippen molar-refractivity contribution in [3.8, 4) is 0 Å². The molecule has 1 heterocycles. The molecule has 0 aliphatic rings. The van der Waals surface area contributed by atoms with Crippen LogP contribution in [0.5, 0.6) is 0 Å². The summed E-state index contributed by atoms with van der Waals surface area (Å²) in [6.07, 6.45) is 0.992. The van der Waals surface area contributed by atoms with E-state index in [0.29, 0.717) is 0 Å². The van der Waals surface area contributed by atoms with Gasteiger partial charge in [-0.05, 0) is 24.8 Å². The summed E-state index contributed by atoms with van der Waals surface area (Å²) < 4.78 is 0. The Hall–Kier alpha value is -0.870.